The maximum atomic E-state index is 12.2. The van der Waals surface area contributed by atoms with E-state index in [1.165, 1.54) is 24.3 Å². The first-order valence-corrected chi connectivity index (χ1v) is 10.2. The fourth-order valence-electron chi connectivity index (χ4n) is 2.56. The highest BCUT2D eigenvalue weighted by Crippen LogP contribution is 2.15. The molecule has 0 saturated heterocycles. The molecule has 26 heavy (non-hydrogen) atoms. The molecule has 2 N–H and O–H groups in total. The number of sulfone groups is 1. The van der Waals surface area contributed by atoms with Crippen LogP contribution in [0.2, 0.25) is 5.02 Å². The summed E-state index contributed by atoms with van der Waals surface area (Å²) in [6.07, 6.45) is 1.32. The van der Waals surface area contributed by atoms with E-state index in [2.05, 4.69) is 15.3 Å². The van der Waals surface area contributed by atoms with Crippen molar-refractivity contribution in [1.82, 2.24) is 15.3 Å². The quantitative estimate of drug-likeness (QED) is 0.606. The Hall–Kier alpha value is -2.38. The van der Waals surface area contributed by atoms with Gasteiger partial charge in [0.05, 0.1) is 15.9 Å². The Kier molecular flexibility index (Phi) is 5.58. The number of hydrogen-bond donors (Lipinski definition) is 2. The maximum Gasteiger partial charge on any atom is 0.235 e. The van der Waals surface area contributed by atoms with Crippen molar-refractivity contribution in [1.29, 1.82) is 0 Å². The molecule has 0 atom stereocenters. The maximum absolute atomic E-state index is 12.2. The molecule has 3 aromatic rings. The summed E-state index contributed by atoms with van der Waals surface area (Å²) in [6.45, 7) is 0.381. The SMILES string of the molecule is O=C(CS(=O)(=O)c1ccc(Cl)cc1)NCCCc1nc2ccccc2[nH]1. The van der Waals surface area contributed by atoms with Gasteiger partial charge < -0.3 is 10.3 Å². The number of H-pyrrole nitrogens is 1. The van der Waals surface area contributed by atoms with E-state index < -0.39 is 21.5 Å². The summed E-state index contributed by atoms with van der Waals surface area (Å²) >= 11 is 5.75. The lowest BCUT2D eigenvalue weighted by Crippen LogP contribution is -2.31. The second kappa shape index (κ2) is 7.88. The Morgan fingerprint density at radius 2 is 1.85 bits per heavy atom. The van der Waals surface area contributed by atoms with Crippen molar-refractivity contribution in [3.8, 4) is 0 Å². The molecule has 0 unspecified atom stereocenters. The van der Waals surface area contributed by atoms with Gasteiger partial charge in [0, 0.05) is 18.0 Å². The fraction of sp³-hybridized carbons (Fsp3) is 0.222. The van der Waals surface area contributed by atoms with Crippen LogP contribution < -0.4 is 5.32 Å². The van der Waals surface area contributed by atoms with Crippen molar-refractivity contribution >= 4 is 38.4 Å². The molecule has 2 aromatic carbocycles. The molecule has 3 rings (SSSR count). The van der Waals surface area contributed by atoms with Gasteiger partial charge in [0.2, 0.25) is 5.91 Å². The predicted molar refractivity (Wildman–Crippen MR) is 101 cm³/mol. The minimum absolute atomic E-state index is 0.0827. The number of imidazole rings is 1. The average Bonchev–Trinajstić information content (AvgIpc) is 3.01. The van der Waals surface area contributed by atoms with Crippen molar-refractivity contribution in [3.63, 3.8) is 0 Å². The zero-order valence-corrected chi connectivity index (χ0v) is 15.5. The van der Waals surface area contributed by atoms with E-state index >= 15 is 0 Å². The number of hydrogen-bond acceptors (Lipinski definition) is 4. The standard InChI is InChI=1S/C18H18ClN3O3S/c19-13-7-9-14(10-8-13)26(24,25)12-18(23)20-11-3-6-17-21-15-4-1-2-5-16(15)22-17/h1-2,4-5,7-10H,3,6,11-12H2,(H,20,23)(H,21,22). The topological polar surface area (TPSA) is 91.9 Å². The van der Waals surface area contributed by atoms with Crippen LogP contribution in [0.3, 0.4) is 0 Å². The molecule has 1 amide bonds. The van der Waals surface area contributed by atoms with Crippen LogP contribution in [-0.4, -0.2) is 36.6 Å². The van der Waals surface area contributed by atoms with Gasteiger partial charge in [-0.15, -0.1) is 0 Å². The smallest absolute Gasteiger partial charge is 0.235 e. The Morgan fingerprint density at radius 1 is 1.12 bits per heavy atom. The number of carbonyl (C=O) groups excluding carboxylic acids is 1. The number of rotatable bonds is 7. The summed E-state index contributed by atoms with van der Waals surface area (Å²) in [5.41, 5.74) is 1.88. The average molecular weight is 392 g/mol. The van der Waals surface area contributed by atoms with Crippen LogP contribution in [0.25, 0.3) is 11.0 Å². The number of nitrogens with one attached hydrogen (secondary N) is 2. The minimum Gasteiger partial charge on any atom is -0.355 e. The molecule has 6 nitrogen and oxygen atoms in total. The van der Waals surface area contributed by atoms with Crippen molar-refractivity contribution in [3.05, 3.63) is 59.4 Å². The third-order valence-corrected chi connectivity index (χ3v) is 5.73. The Morgan fingerprint density at radius 3 is 2.58 bits per heavy atom. The van der Waals surface area contributed by atoms with Gasteiger partial charge in [-0.3, -0.25) is 4.79 Å². The lowest BCUT2D eigenvalue weighted by Gasteiger charge is -2.06. The van der Waals surface area contributed by atoms with Crippen molar-refractivity contribution < 1.29 is 13.2 Å². The molecule has 1 heterocycles. The minimum atomic E-state index is -3.67. The molecule has 0 fully saturated rings. The number of nitrogens with zero attached hydrogens (tertiary/aromatic N) is 1. The van der Waals surface area contributed by atoms with E-state index in [9.17, 15) is 13.2 Å². The van der Waals surface area contributed by atoms with Gasteiger partial charge in [-0.05, 0) is 42.8 Å². The van der Waals surface area contributed by atoms with Gasteiger partial charge in [0.25, 0.3) is 0 Å². The van der Waals surface area contributed by atoms with Crippen LogP contribution in [0.5, 0.6) is 0 Å². The van der Waals surface area contributed by atoms with Crippen molar-refractivity contribution in [2.24, 2.45) is 0 Å². The molecule has 0 radical (unpaired) electrons. The Bertz CT molecular complexity index is 981. The van der Waals surface area contributed by atoms with Gasteiger partial charge in [0.1, 0.15) is 11.6 Å². The number of fused-ring (bicyclic) bond motifs is 1. The van der Waals surface area contributed by atoms with Gasteiger partial charge in [-0.1, -0.05) is 23.7 Å². The number of halogens is 1. The second-order valence-corrected chi connectivity index (χ2v) is 8.29. The number of amides is 1. The zero-order valence-electron chi connectivity index (χ0n) is 13.9. The predicted octanol–water partition coefficient (Wildman–Crippen LogP) is 2.74. The monoisotopic (exact) mass is 391 g/mol. The molecule has 1 aromatic heterocycles. The number of para-hydroxylation sites is 2. The molecular formula is C18H18ClN3O3S. The highest BCUT2D eigenvalue weighted by Gasteiger charge is 2.19. The van der Waals surface area contributed by atoms with E-state index in [4.69, 9.17) is 11.6 Å². The lowest BCUT2D eigenvalue weighted by molar-refractivity contribution is -0.118. The first kappa shape index (κ1) is 18.4. The van der Waals surface area contributed by atoms with Gasteiger partial charge >= 0.3 is 0 Å². The molecule has 0 bridgehead atoms. The highest BCUT2D eigenvalue weighted by molar-refractivity contribution is 7.92. The number of benzene rings is 2. The van der Waals surface area contributed by atoms with Crippen LogP contribution in [0.1, 0.15) is 12.2 Å². The largest absolute Gasteiger partial charge is 0.355 e. The van der Waals surface area contributed by atoms with Crippen molar-refractivity contribution in [2.75, 3.05) is 12.3 Å². The Labute approximate surface area is 156 Å². The van der Waals surface area contributed by atoms with E-state index in [1.54, 1.807) is 0 Å². The third kappa shape index (κ3) is 4.62. The van der Waals surface area contributed by atoms with Gasteiger partial charge in [-0.2, -0.15) is 0 Å². The van der Waals surface area contributed by atoms with Crippen LogP contribution in [0.4, 0.5) is 0 Å². The number of aryl methyl sites for hydroxylation is 1. The zero-order chi connectivity index (χ0) is 18.6. The van der Waals surface area contributed by atoms with Gasteiger partial charge in [0.15, 0.2) is 9.84 Å². The van der Waals surface area contributed by atoms with E-state index in [1.807, 2.05) is 24.3 Å². The normalized spacial score (nSPS) is 11.6. The second-order valence-electron chi connectivity index (χ2n) is 5.87. The first-order valence-electron chi connectivity index (χ1n) is 8.13. The first-order chi connectivity index (χ1) is 12.4. The molecule has 8 heteroatoms. The molecule has 0 spiro atoms. The summed E-state index contributed by atoms with van der Waals surface area (Å²) < 4.78 is 24.4. The third-order valence-electron chi connectivity index (χ3n) is 3.84. The summed E-state index contributed by atoms with van der Waals surface area (Å²) in [4.78, 5) is 19.7. The number of aromatic amines is 1. The summed E-state index contributed by atoms with van der Waals surface area (Å²) in [5, 5.41) is 3.08. The lowest BCUT2D eigenvalue weighted by atomic mass is 10.3. The van der Waals surface area contributed by atoms with E-state index in [0.29, 0.717) is 24.4 Å². The van der Waals surface area contributed by atoms with Crippen LogP contribution in [-0.2, 0) is 21.1 Å². The number of aromatic nitrogens is 2. The van der Waals surface area contributed by atoms with Crippen molar-refractivity contribution in [2.45, 2.75) is 17.7 Å². The fourth-order valence-corrected chi connectivity index (χ4v) is 3.85. The van der Waals surface area contributed by atoms with Crippen LogP contribution in [0, 0.1) is 0 Å². The summed E-state index contributed by atoms with van der Waals surface area (Å²) in [7, 11) is -3.67. The number of carbonyl (C=O) groups is 1. The molecule has 136 valence electrons. The molecule has 0 aliphatic carbocycles. The molecule has 0 aliphatic rings. The van der Waals surface area contributed by atoms with E-state index in [-0.39, 0.29) is 4.90 Å². The van der Waals surface area contributed by atoms with Crippen LogP contribution in [0.15, 0.2) is 53.4 Å². The van der Waals surface area contributed by atoms with Crippen LogP contribution >= 0.6 is 11.6 Å². The summed E-state index contributed by atoms with van der Waals surface area (Å²) in [6, 6.07) is 13.5. The highest BCUT2D eigenvalue weighted by atomic mass is 35.5. The molecule has 0 saturated carbocycles. The molecule has 0 aliphatic heterocycles. The van der Waals surface area contributed by atoms with E-state index in [0.717, 1.165) is 16.9 Å². The Balaban J connectivity index is 1.47. The van der Waals surface area contributed by atoms with Gasteiger partial charge in [-0.25, -0.2) is 13.4 Å². The molecular weight excluding hydrogens is 374 g/mol. The summed E-state index contributed by atoms with van der Waals surface area (Å²) in [5.74, 6) is -0.266.